The fourth-order valence-corrected chi connectivity index (χ4v) is 3.42. The molecule has 1 atom stereocenters. The summed E-state index contributed by atoms with van der Waals surface area (Å²) in [6.07, 6.45) is -0.480. The number of nitrogens with zero attached hydrogens (tertiary/aromatic N) is 1. The summed E-state index contributed by atoms with van der Waals surface area (Å²) >= 11 is 0. The second-order valence-electron chi connectivity index (χ2n) is 4.41. The minimum absolute atomic E-state index is 0.236. The molecule has 0 saturated heterocycles. The molecule has 2 aromatic rings. The lowest BCUT2D eigenvalue weighted by Crippen LogP contribution is -2.26. The Morgan fingerprint density at radius 1 is 1.35 bits per heavy atom. The van der Waals surface area contributed by atoms with Crippen LogP contribution in [0.5, 0.6) is 5.75 Å². The molecule has 1 aromatic heterocycles. The summed E-state index contributed by atoms with van der Waals surface area (Å²) in [4.78, 5) is 11.8. The molecule has 2 rings (SSSR count). The highest BCUT2D eigenvalue weighted by Crippen LogP contribution is 2.19. The van der Waals surface area contributed by atoms with E-state index in [1.165, 1.54) is 26.4 Å². The minimum atomic E-state index is -3.72. The normalized spacial score (nSPS) is 13.6. The summed E-state index contributed by atoms with van der Waals surface area (Å²) < 4.78 is 35.5. The molecule has 0 aliphatic carbocycles. The van der Waals surface area contributed by atoms with E-state index in [1.807, 2.05) is 0 Å². The molecule has 110 valence electrons. The van der Waals surface area contributed by atoms with Crippen LogP contribution in [0.4, 0.5) is 0 Å². The Hall–Kier alpha value is -1.80. The van der Waals surface area contributed by atoms with Gasteiger partial charge < -0.3 is 9.47 Å². The summed E-state index contributed by atoms with van der Waals surface area (Å²) in [7, 11) is -0.822. The predicted octanol–water partition coefficient (Wildman–Crippen LogP) is 0.551. The number of aromatic amines is 1. The largest absolute Gasteiger partial charge is 0.497 e. The molecule has 0 fully saturated rings. The van der Waals surface area contributed by atoms with Crippen molar-refractivity contribution < 1.29 is 17.9 Å². The molecule has 0 bridgehead atoms. The van der Waals surface area contributed by atoms with Crippen LogP contribution in [0.2, 0.25) is 0 Å². The lowest BCUT2D eigenvalue weighted by Gasteiger charge is -2.11. The molecule has 7 nitrogen and oxygen atoms in total. The van der Waals surface area contributed by atoms with Crippen molar-refractivity contribution in [3.8, 4) is 5.75 Å². The van der Waals surface area contributed by atoms with E-state index in [2.05, 4.69) is 5.10 Å². The van der Waals surface area contributed by atoms with Gasteiger partial charge in [-0.05, 0) is 19.1 Å². The van der Waals surface area contributed by atoms with Gasteiger partial charge in [0.05, 0.1) is 29.9 Å². The van der Waals surface area contributed by atoms with Crippen molar-refractivity contribution in [2.24, 2.45) is 0 Å². The van der Waals surface area contributed by atoms with Crippen LogP contribution >= 0.6 is 0 Å². The summed E-state index contributed by atoms with van der Waals surface area (Å²) in [5.41, 5.74) is -0.200. The average molecular weight is 300 g/mol. The summed E-state index contributed by atoms with van der Waals surface area (Å²) in [5.74, 6) is 0.237. The zero-order valence-electron chi connectivity index (χ0n) is 11.4. The molecule has 0 saturated carbocycles. The van der Waals surface area contributed by atoms with E-state index >= 15 is 0 Å². The molecule has 20 heavy (non-hydrogen) atoms. The molecule has 0 spiro atoms. The van der Waals surface area contributed by atoms with Gasteiger partial charge in [0, 0.05) is 13.2 Å². The van der Waals surface area contributed by atoms with Gasteiger partial charge in [0.25, 0.3) is 15.6 Å². The summed E-state index contributed by atoms with van der Waals surface area (Å²) in [6.45, 7) is 1.64. The van der Waals surface area contributed by atoms with Crippen LogP contribution in [0.3, 0.4) is 0 Å². The van der Waals surface area contributed by atoms with Gasteiger partial charge in [0.2, 0.25) is 0 Å². The molecule has 0 aliphatic rings. The SMILES string of the molecule is COc1ccc2c(=O)[nH]n(S(=O)(=O)CC(C)OC)c2c1. The number of benzene rings is 1. The molecule has 1 heterocycles. The Balaban J connectivity index is 2.62. The van der Waals surface area contributed by atoms with E-state index in [4.69, 9.17) is 9.47 Å². The first-order valence-electron chi connectivity index (χ1n) is 5.94. The lowest BCUT2D eigenvalue weighted by molar-refractivity contribution is 0.136. The molecule has 1 unspecified atom stereocenters. The summed E-state index contributed by atoms with van der Waals surface area (Å²) in [5, 5.41) is 2.63. The van der Waals surface area contributed by atoms with Crippen molar-refractivity contribution in [3.63, 3.8) is 0 Å². The predicted molar refractivity (Wildman–Crippen MR) is 74.8 cm³/mol. The van der Waals surface area contributed by atoms with Gasteiger partial charge in [-0.1, -0.05) is 0 Å². The molecule has 0 radical (unpaired) electrons. The Bertz CT molecular complexity index is 775. The molecule has 0 aliphatic heterocycles. The molecular formula is C12H16N2O5S. The van der Waals surface area contributed by atoms with Gasteiger partial charge >= 0.3 is 0 Å². The van der Waals surface area contributed by atoms with E-state index in [0.29, 0.717) is 11.1 Å². The van der Waals surface area contributed by atoms with Gasteiger partial charge in [0.1, 0.15) is 5.75 Å². The molecule has 1 aromatic carbocycles. The van der Waals surface area contributed by atoms with Crippen molar-refractivity contribution in [2.75, 3.05) is 20.0 Å². The highest BCUT2D eigenvalue weighted by molar-refractivity contribution is 7.90. The number of methoxy groups -OCH3 is 2. The first-order valence-corrected chi connectivity index (χ1v) is 7.55. The van der Waals surface area contributed by atoms with Crippen LogP contribution in [0.15, 0.2) is 23.0 Å². The number of rotatable bonds is 5. The molecule has 8 heteroatoms. The van der Waals surface area contributed by atoms with Gasteiger partial charge in [-0.3, -0.25) is 4.79 Å². The molecule has 1 N–H and O–H groups in total. The highest BCUT2D eigenvalue weighted by atomic mass is 32.2. The van der Waals surface area contributed by atoms with Crippen molar-refractivity contribution in [2.45, 2.75) is 13.0 Å². The van der Waals surface area contributed by atoms with E-state index in [1.54, 1.807) is 13.0 Å². The smallest absolute Gasteiger partial charge is 0.272 e. The topological polar surface area (TPSA) is 90.4 Å². The third-order valence-electron chi connectivity index (χ3n) is 3.00. The number of nitrogens with one attached hydrogen (secondary N) is 1. The maximum absolute atomic E-state index is 12.3. The fraction of sp³-hybridized carbons (Fsp3) is 0.417. The Labute approximate surface area is 116 Å². The average Bonchev–Trinajstić information content (AvgIpc) is 2.75. The summed E-state index contributed by atoms with van der Waals surface area (Å²) in [6, 6.07) is 4.63. The van der Waals surface area contributed by atoms with Crippen LogP contribution in [-0.2, 0) is 14.8 Å². The number of hydrogen-bond donors (Lipinski definition) is 1. The molecule has 0 amide bonds. The van der Waals surface area contributed by atoms with Crippen molar-refractivity contribution in [1.29, 1.82) is 0 Å². The maximum Gasteiger partial charge on any atom is 0.272 e. The number of ether oxygens (including phenoxy) is 2. The third-order valence-corrected chi connectivity index (χ3v) is 4.73. The van der Waals surface area contributed by atoms with Crippen LogP contribution in [0.1, 0.15) is 6.92 Å². The van der Waals surface area contributed by atoms with Crippen LogP contribution < -0.4 is 10.3 Å². The minimum Gasteiger partial charge on any atom is -0.497 e. The molecular weight excluding hydrogens is 284 g/mol. The van der Waals surface area contributed by atoms with E-state index < -0.39 is 21.7 Å². The second-order valence-corrected chi connectivity index (χ2v) is 6.28. The fourth-order valence-electron chi connectivity index (χ4n) is 1.87. The number of H-pyrrole nitrogens is 1. The van der Waals surface area contributed by atoms with E-state index in [9.17, 15) is 13.2 Å². The van der Waals surface area contributed by atoms with Crippen molar-refractivity contribution >= 4 is 20.9 Å². The van der Waals surface area contributed by atoms with E-state index in [-0.39, 0.29) is 11.3 Å². The number of fused-ring (bicyclic) bond motifs is 1. The van der Waals surface area contributed by atoms with Crippen LogP contribution in [-0.4, -0.2) is 43.7 Å². The number of hydrogen-bond acceptors (Lipinski definition) is 5. The van der Waals surface area contributed by atoms with Gasteiger partial charge in [0.15, 0.2) is 0 Å². The van der Waals surface area contributed by atoms with Crippen LogP contribution in [0.25, 0.3) is 10.9 Å². The first-order chi connectivity index (χ1) is 9.39. The zero-order chi connectivity index (χ0) is 14.9. The van der Waals surface area contributed by atoms with Crippen LogP contribution in [0, 0.1) is 0 Å². The Kier molecular flexibility index (Phi) is 3.87. The highest BCUT2D eigenvalue weighted by Gasteiger charge is 2.22. The van der Waals surface area contributed by atoms with Gasteiger partial charge in [-0.25, -0.2) is 13.5 Å². The quantitative estimate of drug-likeness (QED) is 0.871. The Morgan fingerprint density at radius 3 is 2.65 bits per heavy atom. The number of aromatic nitrogens is 2. The standard InChI is InChI=1S/C12H16N2O5S/c1-8(18-2)7-20(16,17)14-11-6-9(19-3)4-5-10(11)12(15)13-14/h4-6,8H,7H2,1-3H3,(H,13,15). The maximum atomic E-state index is 12.3. The van der Waals surface area contributed by atoms with Gasteiger partial charge in [-0.15, -0.1) is 0 Å². The second kappa shape index (κ2) is 5.29. The monoisotopic (exact) mass is 300 g/mol. The van der Waals surface area contributed by atoms with Crippen molar-refractivity contribution in [1.82, 2.24) is 9.19 Å². The van der Waals surface area contributed by atoms with Crippen molar-refractivity contribution in [3.05, 3.63) is 28.6 Å². The zero-order valence-corrected chi connectivity index (χ0v) is 12.2. The first kappa shape index (κ1) is 14.6. The third kappa shape index (κ3) is 2.56. The van der Waals surface area contributed by atoms with E-state index in [0.717, 1.165) is 4.09 Å². The Morgan fingerprint density at radius 2 is 2.05 bits per heavy atom. The lowest BCUT2D eigenvalue weighted by atomic mass is 10.2. The van der Waals surface area contributed by atoms with Gasteiger partial charge in [-0.2, -0.15) is 4.09 Å².